The summed E-state index contributed by atoms with van der Waals surface area (Å²) in [7, 11) is 0. The predicted molar refractivity (Wildman–Crippen MR) is 112 cm³/mol. The number of rotatable bonds is 7. The molecule has 30 heavy (non-hydrogen) atoms. The lowest BCUT2D eigenvalue weighted by atomic mass is 9.98. The van der Waals surface area contributed by atoms with Crippen LogP contribution < -0.4 is 0 Å². The summed E-state index contributed by atoms with van der Waals surface area (Å²) in [5.41, 5.74) is 1.90. The molecule has 2 aromatic carbocycles. The topological polar surface area (TPSA) is 83.9 Å². The lowest BCUT2D eigenvalue weighted by Gasteiger charge is -2.34. The molecule has 2 aromatic rings. The Kier molecular flexibility index (Phi) is 7.22. The van der Waals surface area contributed by atoms with Gasteiger partial charge in [-0.05, 0) is 55.4 Å². The minimum atomic E-state index is -1.03. The third-order valence-corrected chi connectivity index (χ3v) is 5.48. The molecule has 1 saturated heterocycles. The summed E-state index contributed by atoms with van der Waals surface area (Å²) in [4.78, 5) is 37.9. The van der Waals surface area contributed by atoms with Crippen molar-refractivity contribution in [1.29, 1.82) is 0 Å². The zero-order valence-electron chi connectivity index (χ0n) is 17.1. The number of amides is 1. The van der Waals surface area contributed by atoms with Crippen molar-refractivity contribution in [2.75, 3.05) is 6.54 Å². The van der Waals surface area contributed by atoms with E-state index in [0.717, 1.165) is 18.4 Å². The average Bonchev–Trinajstić information content (AvgIpc) is 2.77. The number of likely N-dealkylation sites (tertiary alicyclic amines) is 1. The van der Waals surface area contributed by atoms with Gasteiger partial charge in [-0.15, -0.1) is 0 Å². The fraction of sp³-hybridized carbons (Fsp3) is 0.375. The Balaban J connectivity index is 1.81. The number of benzene rings is 2. The highest BCUT2D eigenvalue weighted by Crippen LogP contribution is 2.27. The minimum absolute atomic E-state index is 0.134. The van der Waals surface area contributed by atoms with Crippen molar-refractivity contribution in [2.24, 2.45) is 0 Å². The first-order valence-corrected chi connectivity index (χ1v) is 10.3. The minimum Gasteiger partial charge on any atom is -0.478 e. The van der Waals surface area contributed by atoms with Crippen molar-refractivity contribution in [3.8, 4) is 0 Å². The van der Waals surface area contributed by atoms with E-state index in [1.807, 2.05) is 30.3 Å². The Labute approximate surface area is 176 Å². The van der Waals surface area contributed by atoms with Gasteiger partial charge in [-0.2, -0.15) is 0 Å². The molecule has 3 rings (SSSR count). The van der Waals surface area contributed by atoms with E-state index in [2.05, 4.69) is 0 Å². The second-order valence-electron chi connectivity index (χ2n) is 7.60. The highest BCUT2D eigenvalue weighted by atomic mass is 16.5. The molecular weight excluding hydrogens is 382 g/mol. The van der Waals surface area contributed by atoms with Crippen LogP contribution in [0.3, 0.4) is 0 Å². The van der Waals surface area contributed by atoms with Gasteiger partial charge in [-0.25, -0.2) is 9.59 Å². The van der Waals surface area contributed by atoms with Crippen molar-refractivity contribution in [2.45, 2.75) is 51.2 Å². The van der Waals surface area contributed by atoms with Gasteiger partial charge in [0.2, 0.25) is 5.91 Å². The van der Waals surface area contributed by atoms with Crippen LogP contribution >= 0.6 is 0 Å². The van der Waals surface area contributed by atoms with Crippen LogP contribution in [0.4, 0.5) is 0 Å². The van der Waals surface area contributed by atoms with Gasteiger partial charge in [0.05, 0.1) is 5.56 Å². The number of carbonyl (C=O) groups is 3. The third kappa shape index (κ3) is 5.47. The van der Waals surface area contributed by atoms with E-state index in [4.69, 9.17) is 4.74 Å². The molecule has 2 atom stereocenters. The number of hydrogen-bond donors (Lipinski definition) is 1. The highest BCUT2D eigenvalue weighted by molar-refractivity contribution is 5.88. The van der Waals surface area contributed by atoms with E-state index in [9.17, 15) is 19.5 Å². The summed E-state index contributed by atoms with van der Waals surface area (Å²) in [5, 5.41) is 9.33. The monoisotopic (exact) mass is 409 g/mol. The normalized spacial score (nSPS) is 17.2. The number of carboxylic acids is 1. The van der Waals surface area contributed by atoms with Gasteiger partial charge in [-0.1, -0.05) is 42.5 Å². The van der Waals surface area contributed by atoms with Crippen LogP contribution in [0.25, 0.3) is 0 Å². The van der Waals surface area contributed by atoms with Crippen LogP contribution in [-0.4, -0.2) is 40.4 Å². The van der Waals surface area contributed by atoms with Crippen LogP contribution in [-0.2, 0) is 20.7 Å². The number of carbonyl (C=O) groups excluding carboxylic acids is 2. The van der Waals surface area contributed by atoms with Gasteiger partial charge >= 0.3 is 11.9 Å². The molecule has 6 nitrogen and oxygen atoms in total. The van der Waals surface area contributed by atoms with Crippen LogP contribution in [0.2, 0.25) is 0 Å². The Morgan fingerprint density at radius 3 is 2.57 bits per heavy atom. The maximum Gasteiger partial charge on any atom is 0.335 e. The molecule has 1 heterocycles. The second kappa shape index (κ2) is 10.1. The van der Waals surface area contributed by atoms with Crippen molar-refractivity contribution in [3.63, 3.8) is 0 Å². The molecule has 0 aliphatic carbocycles. The van der Waals surface area contributed by atoms with Gasteiger partial charge in [0.1, 0.15) is 12.1 Å². The van der Waals surface area contributed by atoms with E-state index in [0.29, 0.717) is 31.4 Å². The van der Waals surface area contributed by atoms with Crippen LogP contribution in [0, 0.1) is 0 Å². The second-order valence-corrected chi connectivity index (χ2v) is 7.60. The van der Waals surface area contributed by atoms with E-state index in [1.165, 1.54) is 13.0 Å². The summed E-state index contributed by atoms with van der Waals surface area (Å²) in [6.45, 7) is 2.02. The molecule has 1 N–H and O–H groups in total. The summed E-state index contributed by atoms with van der Waals surface area (Å²) < 4.78 is 5.89. The molecular formula is C24H27NO5. The van der Waals surface area contributed by atoms with Crippen molar-refractivity contribution < 1.29 is 24.2 Å². The Morgan fingerprint density at radius 2 is 1.87 bits per heavy atom. The summed E-state index contributed by atoms with van der Waals surface area (Å²) >= 11 is 0. The van der Waals surface area contributed by atoms with Crippen LogP contribution in [0.1, 0.15) is 60.2 Å². The van der Waals surface area contributed by atoms with Crippen LogP contribution in [0.15, 0.2) is 54.6 Å². The number of nitrogens with zero attached hydrogens (tertiary/aromatic N) is 1. The van der Waals surface area contributed by atoms with E-state index >= 15 is 0 Å². The van der Waals surface area contributed by atoms with Gasteiger partial charge in [0.25, 0.3) is 0 Å². The van der Waals surface area contributed by atoms with E-state index in [1.54, 1.807) is 23.1 Å². The fourth-order valence-electron chi connectivity index (χ4n) is 3.88. The van der Waals surface area contributed by atoms with E-state index < -0.39 is 24.1 Å². The number of aromatic carboxylic acids is 1. The number of carboxylic acid groups (broad SMARTS) is 1. The third-order valence-electron chi connectivity index (χ3n) is 5.48. The number of esters is 1. The molecule has 0 radical (unpaired) electrons. The first-order valence-electron chi connectivity index (χ1n) is 10.3. The molecule has 158 valence electrons. The Hall–Kier alpha value is -3.15. The largest absolute Gasteiger partial charge is 0.478 e. The average molecular weight is 409 g/mol. The van der Waals surface area contributed by atoms with E-state index in [-0.39, 0.29) is 11.5 Å². The van der Waals surface area contributed by atoms with Gasteiger partial charge in [0, 0.05) is 13.5 Å². The standard InChI is InChI=1S/C24H27NO5/c1-17(26)25-15-6-5-12-21(25)24(29)30-22(14-13-18-8-3-2-4-9-18)19-10-7-11-20(16-19)23(27)28/h2-4,7-11,16,21-22H,5-6,12-15H2,1H3,(H,27,28)/t21-,22?/m0/s1. The Morgan fingerprint density at radius 1 is 1.10 bits per heavy atom. The SMILES string of the molecule is CC(=O)N1CCCC[C@H]1C(=O)OC(CCc1ccccc1)c1cccc(C(=O)O)c1. The molecule has 0 saturated carbocycles. The maximum absolute atomic E-state index is 13.0. The molecule has 1 fully saturated rings. The molecule has 0 aromatic heterocycles. The number of hydrogen-bond acceptors (Lipinski definition) is 4. The quantitative estimate of drug-likeness (QED) is 0.699. The first kappa shape index (κ1) is 21.6. The van der Waals surface area contributed by atoms with Gasteiger partial charge in [-0.3, -0.25) is 4.79 Å². The smallest absolute Gasteiger partial charge is 0.335 e. The van der Waals surface area contributed by atoms with Crippen molar-refractivity contribution >= 4 is 17.8 Å². The molecule has 0 bridgehead atoms. The van der Waals surface area contributed by atoms with Crippen molar-refractivity contribution in [1.82, 2.24) is 4.90 Å². The van der Waals surface area contributed by atoms with Gasteiger partial charge < -0.3 is 14.7 Å². The highest BCUT2D eigenvalue weighted by Gasteiger charge is 2.33. The first-order chi connectivity index (χ1) is 14.5. The Bertz CT molecular complexity index is 895. The fourth-order valence-corrected chi connectivity index (χ4v) is 3.88. The summed E-state index contributed by atoms with van der Waals surface area (Å²) in [5.74, 6) is -1.59. The lowest BCUT2D eigenvalue weighted by molar-refractivity contribution is -0.161. The lowest BCUT2D eigenvalue weighted by Crippen LogP contribution is -2.48. The molecule has 1 aliphatic heterocycles. The number of aryl methyl sites for hydroxylation is 1. The predicted octanol–water partition coefficient (Wildman–Crippen LogP) is 4.00. The number of piperidine rings is 1. The number of ether oxygens (including phenoxy) is 1. The molecule has 0 spiro atoms. The summed E-state index contributed by atoms with van der Waals surface area (Å²) in [6.07, 6.45) is 2.93. The van der Waals surface area contributed by atoms with Crippen LogP contribution in [0.5, 0.6) is 0 Å². The van der Waals surface area contributed by atoms with Crippen molar-refractivity contribution in [3.05, 3.63) is 71.3 Å². The maximum atomic E-state index is 13.0. The molecule has 1 amide bonds. The molecule has 1 unspecified atom stereocenters. The zero-order chi connectivity index (χ0) is 21.5. The zero-order valence-corrected chi connectivity index (χ0v) is 17.1. The van der Waals surface area contributed by atoms with Gasteiger partial charge in [0.15, 0.2) is 0 Å². The molecule has 6 heteroatoms. The summed E-state index contributed by atoms with van der Waals surface area (Å²) in [6, 6.07) is 15.8. The molecule has 1 aliphatic rings.